The van der Waals surface area contributed by atoms with Crippen LogP contribution in [0.15, 0.2) is 59.4 Å². The number of nitrogens with zero attached hydrogens (tertiary/aromatic N) is 1. The van der Waals surface area contributed by atoms with Crippen LogP contribution in [0.1, 0.15) is 48.2 Å². The van der Waals surface area contributed by atoms with Gasteiger partial charge in [-0.15, -0.1) is 0 Å². The Kier molecular flexibility index (Phi) is 5.76. The molecule has 5 heteroatoms. The zero-order valence-electron chi connectivity index (χ0n) is 16.8. The van der Waals surface area contributed by atoms with E-state index in [1.807, 2.05) is 36.4 Å². The largest absolute Gasteiger partial charge is 0.320 e. The summed E-state index contributed by atoms with van der Waals surface area (Å²) in [6, 6.07) is 17.5. The Bertz CT molecular complexity index is 1070. The lowest BCUT2D eigenvalue weighted by Crippen LogP contribution is -2.33. The number of nitrogens with one attached hydrogen (secondary N) is 2. The topological polar surface area (TPSA) is 65.2 Å². The highest BCUT2D eigenvalue weighted by atomic mass is 16.2. The van der Waals surface area contributed by atoms with Gasteiger partial charge in [0.2, 0.25) is 0 Å². The number of amides is 1. The van der Waals surface area contributed by atoms with Crippen molar-refractivity contribution in [3.05, 3.63) is 76.2 Å². The summed E-state index contributed by atoms with van der Waals surface area (Å²) in [5.74, 6) is -0.305. The first-order valence-electron chi connectivity index (χ1n) is 10.3. The second-order valence-electron chi connectivity index (χ2n) is 7.92. The lowest BCUT2D eigenvalue weighted by Gasteiger charge is -2.31. The van der Waals surface area contributed by atoms with E-state index in [0.717, 1.165) is 23.2 Å². The van der Waals surface area contributed by atoms with E-state index >= 15 is 0 Å². The molecule has 2 N–H and O–H groups in total. The van der Waals surface area contributed by atoms with Gasteiger partial charge < -0.3 is 10.3 Å². The molecule has 0 spiro atoms. The predicted octanol–water partition coefficient (Wildman–Crippen LogP) is 4.54. The average molecular weight is 389 g/mol. The quantitative estimate of drug-likeness (QED) is 0.673. The van der Waals surface area contributed by atoms with Gasteiger partial charge in [0.15, 0.2) is 0 Å². The molecule has 0 unspecified atom stereocenters. The summed E-state index contributed by atoms with van der Waals surface area (Å²) in [5.41, 5.74) is 1.88. The zero-order valence-corrected chi connectivity index (χ0v) is 16.8. The fourth-order valence-corrected chi connectivity index (χ4v) is 4.22. The van der Waals surface area contributed by atoms with Gasteiger partial charge in [-0.05, 0) is 49.0 Å². The normalized spacial score (nSPS) is 15.0. The Morgan fingerprint density at radius 2 is 1.79 bits per heavy atom. The first-order valence-corrected chi connectivity index (χ1v) is 10.3. The average Bonchev–Trinajstić information content (AvgIpc) is 2.75. The third kappa shape index (κ3) is 4.40. The van der Waals surface area contributed by atoms with Crippen LogP contribution in [0.5, 0.6) is 0 Å². The molecule has 2 aromatic carbocycles. The molecule has 4 rings (SSSR count). The number of benzene rings is 2. The summed E-state index contributed by atoms with van der Waals surface area (Å²) < 4.78 is 0. The number of para-hydroxylation sites is 1. The minimum absolute atomic E-state index is 0.251. The standard InChI is InChI=1S/C24H27N3O2/c1-27(19-11-3-2-4-12-19)16-18-10-6-8-14-21(18)25-24(29)22-15-17-9-5-7-13-20(17)23(28)26-22/h5-10,13-15,19H,2-4,11-12,16H2,1H3,(H,25,29)(H,26,28). The van der Waals surface area contributed by atoms with Gasteiger partial charge in [-0.3, -0.25) is 14.5 Å². The molecule has 1 fully saturated rings. The molecule has 1 saturated carbocycles. The minimum atomic E-state index is -0.305. The number of carbonyl (C=O) groups is 1. The SMILES string of the molecule is CN(Cc1ccccc1NC(=O)c1cc2ccccc2c(=O)[nH]1)C1CCCCC1. The summed E-state index contributed by atoms with van der Waals surface area (Å²) >= 11 is 0. The molecule has 1 aliphatic carbocycles. The molecular weight excluding hydrogens is 362 g/mol. The molecule has 1 aliphatic rings. The fourth-order valence-electron chi connectivity index (χ4n) is 4.22. The van der Waals surface area contributed by atoms with E-state index in [-0.39, 0.29) is 17.2 Å². The Morgan fingerprint density at radius 3 is 2.62 bits per heavy atom. The van der Waals surface area contributed by atoms with Gasteiger partial charge in [0.25, 0.3) is 11.5 Å². The number of pyridine rings is 1. The van der Waals surface area contributed by atoms with Crippen LogP contribution in [-0.4, -0.2) is 28.9 Å². The molecule has 29 heavy (non-hydrogen) atoms. The van der Waals surface area contributed by atoms with Gasteiger partial charge in [-0.25, -0.2) is 0 Å². The van der Waals surface area contributed by atoms with E-state index in [2.05, 4.69) is 28.3 Å². The van der Waals surface area contributed by atoms with Crippen LogP contribution in [-0.2, 0) is 6.54 Å². The van der Waals surface area contributed by atoms with Gasteiger partial charge in [0, 0.05) is 23.7 Å². The molecule has 0 radical (unpaired) electrons. The van der Waals surface area contributed by atoms with Crippen LogP contribution in [0.3, 0.4) is 0 Å². The monoisotopic (exact) mass is 389 g/mol. The Labute approximate surface area is 170 Å². The summed E-state index contributed by atoms with van der Waals surface area (Å²) in [7, 11) is 2.16. The Hall–Kier alpha value is -2.92. The maximum atomic E-state index is 12.9. The number of aromatic amines is 1. The van der Waals surface area contributed by atoms with Crippen molar-refractivity contribution in [1.29, 1.82) is 0 Å². The maximum absolute atomic E-state index is 12.9. The fraction of sp³-hybridized carbons (Fsp3) is 0.333. The van der Waals surface area contributed by atoms with E-state index in [1.54, 1.807) is 12.1 Å². The predicted molar refractivity (Wildman–Crippen MR) is 117 cm³/mol. The van der Waals surface area contributed by atoms with Gasteiger partial charge in [-0.2, -0.15) is 0 Å². The van der Waals surface area contributed by atoms with Gasteiger partial charge in [0.05, 0.1) is 0 Å². The number of carbonyl (C=O) groups excluding carboxylic acids is 1. The molecule has 3 aromatic rings. The van der Waals surface area contributed by atoms with Gasteiger partial charge >= 0.3 is 0 Å². The molecule has 0 saturated heterocycles. The molecule has 5 nitrogen and oxygen atoms in total. The highest BCUT2D eigenvalue weighted by Crippen LogP contribution is 2.25. The molecule has 1 aromatic heterocycles. The smallest absolute Gasteiger partial charge is 0.272 e. The molecule has 150 valence electrons. The van der Waals surface area contributed by atoms with Crippen LogP contribution in [0.2, 0.25) is 0 Å². The molecular formula is C24H27N3O2. The number of hydrogen-bond acceptors (Lipinski definition) is 3. The highest BCUT2D eigenvalue weighted by molar-refractivity contribution is 6.05. The second kappa shape index (κ2) is 8.62. The van der Waals surface area contributed by atoms with Crippen LogP contribution >= 0.6 is 0 Å². The van der Waals surface area contributed by atoms with E-state index in [4.69, 9.17) is 0 Å². The van der Waals surface area contributed by atoms with Crippen LogP contribution in [0, 0.1) is 0 Å². The van der Waals surface area contributed by atoms with E-state index in [9.17, 15) is 9.59 Å². The number of anilines is 1. The van der Waals surface area contributed by atoms with Crippen molar-refractivity contribution in [2.45, 2.75) is 44.7 Å². The lowest BCUT2D eigenvalue weighted by molar-refractivity contribution is 0.102. The number of aromatic nitrogens is 1. The van der Waals surface area contributed by atoms with Crippen molar-refractivity contribution >= 4 is 22.4 Å². The zero-order chi connectivity index (χ0) is 20.2. The van der Waals surface area contributed by atoms with Crippen LogP contribution in [0.25, 0.3) is 10.8 Å². The number of rotatable bonds is 5. The Balaban J connectivity index is 1.54. The molecule has 1 heterocycles. The number of hydrogen-bond donors (Lipinski definition) is 2. The first-order chi connectivity index (χ1) is 14.1. The number of fused-ring (bicyclic) bond motifs is 1. The van der Waals surface area contributed by atoms with Gasteiger partial charge in [-0.1, -0.05) is 55.7 Å². The van der Waals surface area contributed by atoms with Crippen LogP contribution in [0.4, 0.5) is 5.69 Å². The number of H-pyrrole nitrogens is 1. The van der Waals surface area contributed by atoms with Crippen molar-refractivity contribution in [3.63, 3.8) is 0 Å². The van der Waals surface area contributed by atoms with Crippen molar-refractivity contribution in [2.24, 2.45) is 0 Å². The summed E-state index contributed by atoms with van der Waals surface area (Å²) in [5, 5.41) is 4.33. The molecule has 0 bridgehead atoms. The molecule has 0 atom stereocenters. The summed E-state index contributed by atoms with van der Waals surface area (Å²) in [4.78, 5) is 30.3. The van der Waals surface area contributed by atoms with Crippen molar-refractivity contribution < 1.29 is 4.79 Å². The van der Waals surface area contributed by atoms with Crippen molar-refractivity contribution in [2.75, 3.05) is 12.4 Å². The molecule has 0 aliphatic heterocycles. The summed E-state index contributed by atoms with van der Waals surface area (Å²) in [6.07, 6.45) is 6.40. The summed E-state index contributed by atoms with van der Waals surface area (Å²) in [6.45, 7) is 0.787. The maximum Gasteiger partial charge on any atom is 0.272 e. The van der Waals surface area contributed by atoms with E-state index < -0.39 is 0 Å². The van der Waals surface area contributed by atoms with Crippen molar-refractivity contribution in [3.8, 4) is 0 Å². The third-order valence-corrected chi connectivity index (χ3v) is 5.88. The highest BCUT2D eigenvalue weighted by Gasteiger charge is 2.19. The van der Waals surface area contributed by atoms with Crippen LogP contribution < -0.4 is 10.9 Å². The first kappa shape index (κ1) is 19.4. The van der Waals surface area contributed by atoms with Crippen molar-refractivity contribution in [1.82, 2.24) is 9.88 Å². The lowest BCUT2D eigenvalue weighted by atomic mass is 9.94. The van der Waals surface area contributed by atoms with E-state index in [1.165, 1.54) is 32.1 Å². The third-order valence-electron chi connectivity index (χ3n) is 5.88. The second-order valence-corrected chi connectivity index (χ2v) is 7.92. The minimum Gasteiger partial charge on any atom is -0.320 e. The van der Waals surface area contributed by atoms with Gasteiger partial charge in [0.1, 0.15) is 5.69 Å². The molecule has 1 amide bonds. The Morgan fingerprint density at radius 1 is 1.07 bits per heavy atom. The van der Waals surface area contributed by atoms with E-state index in [0.29, 0.717) is 11.4 Å².